The number of fused-ring (bicyclic) bond motifs is 2. The summed E-state index contributed by atoms with van der Waals surface area (Å²) in [6.45, 7) is -0.423. The molecule has 16 heteroatoms. The Labute approximate surface area is 222 Å². The maximum absolute atomic E-state index is 13.1. The highest BCUT2D eigenvalue weighted by Crippen LogP contribution is 2.53. The van der Waals surface area contributed by atoms with Crippen molar-refractivity contribution in [2.75, 3.05) is 5.32 Å². The van der Waals surface area contributed by atoms with Gasteiger partial charge in [-0.2, -0.15) is 4.90 Å². The number of carbonyl (C=O) groups excluding carboxylic acids is 4. The van der Waals surface area contributed by atoms with Crippen LogP contribution in [0, 0.1) is 5.92 Å². The van der Waals surface area contributed by atoms with Crippen molar-refractivity contribution >= 4 is 62.6 Å². The highest BCUT2D eigenvalue weighted by Gasteiger charge is 2.57. The van der Waals surface area contributed by atoms with Gasteiger partial charge in [0.1, 0.15) is 11.8 Å². The molecule has 0 radical (unpaired) electrons. The number of primary sulfonamides is 1. The molecule has 3 atom stereocenters. The van der Waals surface area contributed by atoms with E-state index in [0.717, 1.165) is 23.1 Å². The fourth-order valence-corrected chi connectivity index (χ4v) is 7.75. The number of hydrogen-bond donors (Lipinski definition) is 3. The first kappa shape index (κ1) is 25.8. The second-order valence-electron chi connectivity index (χ2n) is 8.42. The molecule has 5 N–H and O–H groups in total. The Morgan fingerprint density at radius 2 is 1.79 bits per heavy atom. The highest BCUT2D eigenvalue weighted by atomic mass is 32.2. The number of nitrogens with two attached hydrogens (primary N) is 2. The van der Waals surface area contributed by atoms with E-state index in [1.54, 1.807) is 12.1 Å². The van der Waals surface area contributed by atoms with Crippen LogP contribution in [0.25, 0.3) is 0 Å². The summed E-state index contributed by atoms with van der Waals surface area (Å²) in [6, 6.07) is 7.31. The maximum atomic E-state index is 13.1. The van der Waals surface area contributed by atoms with Gasteiger partial charge in [0.2, 0.25) is 21.8 Å². The standard InChI is InChI=1S/C22H18N6O7S3/c23-21(32)28-18(30)15-14(10-2-1-7-25-8-10)17-20(36-16(15)19(28)31)27(22(33)37-17)9-13(29)26-11-3-5-12(6-4-11)38(24,34)35/h1-8,14-16H,9H2,(H2,23,32)(H,26,29)(H2,24,34,35)/t14-,15+,16-/m0/s1. The number of primary amides is 1. The first-order chi connectivity index (χ1) is 18.0. The molecule has 2 aliphatic rings. The minimum atomic E-state index is -3.91. The molecule has 5 rings (SSSR count). The molecule has 0 aliphatic carbocycles. The summed E-state index contributed by atoms with van der Waals surface area (Å²) in [7, 11) is -3.91. The Morgan fingerprint density at radius 1 is 1.08 bits per heavy atom. The first-order valence-electron chi connectivity index (χ1n) is 10.9. The summed E-state index contributed by atoms with van der Waals surface area (Å²) in [5.74, 6) is -3.90. The molecule has 0 unspecified atom stereocenters. The Balaban J connectivity index is 1.50. The molecule has 1 aromatic carbocycles. The van der Waals surface area contributed by atoms with Crippen LogP contribution in [0.5, 0.6) is 0 Å². The van der Waals surface area contributed by atoms with Gasteiger partial charge in [0.05, 0.1) is 15.8 Å². The second kappa shape index (κ2) is 9.46. The number of anilines is 1. The van der Waals surface area contributed by atoms with Gasteiger partial charge in [-0.3, -0.25) is 28.7 Å². The molecule has 0 bridgehead atoms. The summed E-state index contributed by atoms with van der Waals surface area (Å²) in [4.78, 5) is 68.2. The van der Waals surface area contributed by atoms with Gasteiger partial charge in [0.25, 0.3) is 5.91 Å². The van der Waals surface area contributed by atoms with Crippen LogP contribution in [0.4, 0.5) is 10.5 Å². The van der Waals surface area contributed by atoms with Gasteiger partial charge in [0.15, 0.2) is 0 Å². The number of pyridine rings is 1. The van der Waals surface area contributed by atoms with Crippen molar-refractivity contribution in [3.63, 3.8) is 0 Å². The monoisotopic (exact) mass is 574 g/mol. The Bertz CT molecular complexity index is 1650. The van der Waals surface area contributed by atoms with E-state index in [0.29, 0.717) is 20.4 Å². The minimum absolute atomic E-state index is 0.133. The van der Waals surface area contributed by atoms with Gasteiger partial charge < -0.3 is 11.1 Å². The van der Waals surface area contributed by atoms with Crippen molar-refractivity contribution in [2.24, 2.45) is 16.8 Å². The number of aromatic nitrogens is 2. The van der Waals surface area contributed by atoms with Gasteiger partial charge in [-0.15, -0.1) is 0 Å². The molecule has 3 aromatic rings. The van der Waals surface area contributed by atoms with E-state index in [9.17, 15) is 32.4 Å². The van der Waals surface area contributed by atoms with Crippen LogP contribution in [-0.2, 0) is 31.0 Å². The Hall–Kier alpha value is -3.86. The molecule has 13 nitrogen and oxygen atoms in total. The van der Waals surface area contributed by atoms with Crippen LogP contribution in [-0.4, -0.2) is 51.9 Å². The van der Waals surface area contributed by atoms with E-state index in [1.807, 2.05) is 0 Å². The molecular weight excluding hydrogens is 556 g/mol. The third kappa shape index (κ3) is 4.40. The van der Waals surface area contributed by atoms with Gasteiger partial charge >= 0.3 is 10.9 Å². The predicted molar refractivity (Wildman–Crippen MR) is 136 cm³/mol. The molecule has 0 saturated carbocycles. The van der Waals surface area contributed by atoms with Gasteiger partial charge in [-0.25, -0.2) is 18.4 Å². The van der Waals surface area contributed by atoms with Crippen molar-refractivity contribution in [1.82, 2.24) is 14.5 Å². The zero-order valence-corrected chi connectivity index (χ0v) is 21.6. The van der Waals surface area contributed by atoms with Crippen LogP contribution < -0.4 is 21.1 Å². The number of benzene rings is 1. The van der Waals surface area contributed by atoms with Crippen molar-refractivity contribution in [1.29, 1.82) is 0 Å². The number of likely N-dealkylation sites (tertiary alicyclic amines) is 1. The van der Waals surface area contributed by atoms with Crippen molar-refractivity contribution < 1.29 is 27.6 Å². The number of amides is 5. The predicted octanol–water partition coefficient (Wildman–Crippen LogP) is 0.261. The van der Waals surface area contributed by atoms with Gasteiger partial charge in [-0.05, 0) is 35.9 Å². The smallest absolute Gasteiger partial charge is 0.328 e. The summed E-state index contributed by atoms with van der Waals surface area (Å²) in [5.41, 5.74) is 6.13. The molecular formula is C22H18N6O7S3. The lowest BCUT2D eigenvalue weighted by molar-refractivity contribution is -0.135. The third-order valence-corrected chi connectivity index (χ3v) is 9.61. The molecule has 4 heterocycles. The zero-order valence-electron chi connectivity index (χ0n) is 19.1. The van der Waals surface area contributed by atoms with Crippen LogP contribution in [0.3, 0.4) is 0 Å². The third-order valence-electron chi connectivity index (χ3n) is 6.08. The SMILES string of the molecule is NC(=O)N1C(=O)[C@@H]2[C@H](c3cccnc3)c3sc(=O)n(CC(=O)Nc4ccc(S(N)(=O)=O)cc4)c3S[C@@H]2C1=O. The normalized spacial score (nSPS) is 20.7. The number of sulfonamides is 1. The molecule has 2 aromatic heterocycles. The average molecular weight is 575 g/mol. The van der Waals surface area contributed by atoms with Crippen molar-refractivity contribution in [3.05, 3.63) is 68.9 Å². The van der Waals surface area contributed by atoms with E-state index in [2.05, 4.69) is 10.3 Å². The molecule has 196 valence electrons. The van der Waals surface area contributed by atoms with E-state index in [1.165, 1.54) is 41.2 Å². The van der Waals surface area contributed by atoms with E-state index in [4.69, 9.17) is 10.9 Å². The van der Waals surface area contributed by atoms with E-state index in [-0.39, 0.29) is 10.6 Å². The van der Waals surface area contributed by atoms with Crippen molar-refractivity contribution in [3.8, 4) is 0 Å². The Morgan fingerprint density at radius 3 is 2.39 bits per heavy atom. The number of hydrogen-bond acceptors (Lipinski definition) is 10. The minimum Gasteiger partial charge on any atom is -0.351 e. The summed E-state index contributed by atoms with van der Waals surface area (Å²) >= 11 is 1.77. The van der Waals surface area contributed by atoms with E-state index >= 15 is 0 Å². The number of urea groups is 1. The number of thioether (sulfide) groups is 1. The zero-order chi connectivity index (χ0) is 27.4. The number of nitrogens with one attached hydrogen (secondary N) is 1. The number of carbonyl (C=O) groups is 4. The topological polar surface area (TPSA) is 205 Å². The lowest BCUT2D eigenvalue weighted by Gasteiger charge is -2.30. The van der Waals surface area contributed by atoms with E-state index < -0.39 is 62.3 Å². The summed E-state index contributed by atoms with van der Waals surface area (Å²) in [6.07, 6.45) is 3.04. The van der Waals surface area contributed by atoms with Crippen molar-refractivity contribution in [2.45, 2.75) is 27.6 Å². The average Bonchev–Trinajstić information content (AvgIpc) is 3.30. The lowest BCUT2D eigenvalue weighted by Crippen LogP contribution is -2.41. The van der Waals surface area contributed by atoms with Crippen LogP contribution in [0.1, 0.15) is 16.4 Å². The molecule has 1 saturated heterocycles. The molecule has 2 aliphatic heterocycles. The highest BCUT2D eigenvalue weighted by molar-refractivity contribution is 8.00. The molecule has 5 amide bonds. The van der Waals surface area contributed by atoms with Crippen LogP contribution >= 0.6 is 23.1 Å². The van der Waals surface area contributed by atoms with Crippen LogP contribution in [0.15, 0.2) is 63.5 Å². The number of nitrogens with zero attached hydrogens (tertiary/aromatic N) is 3. The van der Waals surface area contributed by atoms with Gasteiger partial charge in [-0.1, -0.05) is 29.2 Å². The maximum Gasteiger partial charge on any atom is 0.328 e. The summed E-state index contributed by atoms with van der Waals surface area (Å²) in [5, 5.41) is 6.94. The second-order valence-corrected chi connectivity index (χ2v) is 12.1. The summed E-state index contributed by atoms with van der Waals surface area (Å²) < 4.78 is 24.1. The fourth-order valence-electron chi connectivity index (χ4n) is 4.46. The molecule has 1 fully saturated rings. The first-order valence-corrected chi connectivity index (χ1v) is 14.1. The fraction of sp³-hybridized carbons (Fsp3) is 0.182. The number of rotatable bonds is 5. The quantitative estimate of drug-likeness (QED) is 0.357. The molecule has 0 spiro atoms. The Kier molecular flexibility index (Phi) is 6.42. The molecule has 38 heavy (non-hydrogen) atoms. The largest absolute Gasteiger partial charge is 0.351 e. The number of thiazole rings is 1. The van der Waals surface area contributed by atoms with Gasteiger partial charge in [0, 0.05) is 28.9 Å². The number of imide groups is 3. The van der Waals surface area contributed by atoms with Crippen LogP contribution in [0.2, 0.25) is 0 Å². The lowest BCUT2D eigenvalue weighted by atomic mass is 9.84.